The summed E-state index contributed by atoms with van der Waals surface area (Å²) in [5.41, 5.74) is 17.7. The zero-order chi connectivity index (χ0) is 18.0. The number of amides is 1. The van der Waals surface area contributed by atoms with Crippen molar-refractivity contribution >= 4 is 29.2 Å². The van der Waals surface area contributed by atoms with Gasteiger partial charge in [-0.05, 0) is 37.3 Å². The summed E-state index contributed by atoms with van der Waals surface area (Å²) in [5.74, 6) is 0.598. The Balaban J connectivity index is 2.07. The number of hydrogen-bond donors (Lipinski definition) is 3. The molecule has 1 heterocycles. The fourth-order valence-corrected chi connectivity index (χ4v) is 2.59. The third-order valence-corrected chi connectivity index (χ3v) is 3.62. The summed E-state index contributed by atoms with van der Waals surface area (Å²) in [7, 11) is 0. The molecule has 0 saturated carbocycles. The largest absolute Gasteiger partial charge is 0.454 e. The van der Waals surface area contributed by atoms with E-state index in [2.05, 4.69) is 9.98 Å². The highest BCUT2D eigenvalue weighted by Crippen LogP contribution is 2.39. The van der Waals surface area contributed by atoms with E-state index in [0.717, 1.165) is 5.69 Å². The van der Waals surface area contributed by atoms with Crippen molar-refractivity contribution in [2.75, 3.05) is 11.4 Å². The first-order valence-corrected chi connectivity index (χ1v) is 7.66. The molecule has 8 heteroatoms. The van der Waals surface area contributed by atoms with Gasteiger partial charge in [0.2, 0.25) is 5.96 Å². The molecule has 128 valence electrons. The van der Waals surface area contributed by atoms with Crippen molar-refractivity contribution in [2.24, 2.45) is 27.2 Å². The number of ether oxygens (including phenoxy) is 1. The van der Waals surface area contributed by atoms with Crippen LogP contribution in [0.2, 0.25) is 0 Å². The Morgan fingerprint density at radius 1 is 1.12 bits per heavy atom. The molecule has 1 aliphatic rings. The van der Waals surface area contributed by atoms with Crippen LogP contribution in [0, 0.1) is 0 Å². The van der Waals surface area contributed by atoms with Gasteiger partial charge < -0.3 is 26.8 Å². The second-order valence-corrected chi connectivity index (χ2v) is 5.31. The van der Waals surface area contributed by atoms with Crippen LogP contribution in [0.4, 0.5) is 11.4 Å². The number of benzene rings is 2. The molecule has 6 N–H and O–H groups in total. The molecule has 0 spiro atoms. The summed E-state index contributed by atoms with van der Waals surface area (Å²) in [4.78, 5) is 22.3. The Kier molecular flexibility index (Phi) is 4.25. The van der Waals surface area contributed by atoms with Crippen molar-refractivity contribution in [1.29, 1.82) is 0 Å². The van der Waals surface area contributed by atoms with Gasteiger partial charge in [0.1, 0.15) is 5.75 Å². The minimum absolute atomic E-state index is 0.0995. The molecular formula is C17H18N6O2. The van der Waals surface area contributed by atoms with Crippen LogP contribution in [0.3, 0.4) is 0 Å². The van der Waals surface area contributed by atoms with Crippen molar-refractivity contribution in [2.45, 2.75) is 6.92 Å². The predicted octanol–water partition coefficient (Wildman–Crippen LogP) is 1.68. The molecule has 0 aromatic heterocycles. The van der Waals surface area contributed by atoms with Crippen molar-refractivity contribution in [1.82, 2.24) is 0 Å². The average Bonchev–Trinajstić information content (AvgIpc) is 2.68. The Bertz CT molecular complexity index is 886. The molecule has 1 amide bonds. The maximum atomic E-state index is 12.9. The zero-order valence-corrected chi connectivity index (χ0v) is 13.6. The zero-order valence-electron chi connectivity index (χ0n) is 13.6. The van der Waals surface area contributed by atoms with Crippen LogP contribution in [0.5, 0.6) is 11.5 Å². The van der Waals surface area contributed by atoms with E-state index in [-0.39, 0.29) is 17.8 Å². The molecule has 0 saturated heterocycles. The quantitative estimate of drug-likeness (QED) is 0.566. The van der Waals surface area contributed by atoms with Crippen LogP contribution < -0.4 is 26.8 Å². The van der Waals surface area contributed by atoms with Crippen molar-refractivity contribution in [3.63, 3.8) is 0 Å². The number of nitrogens with zero attached hydrogens (tertiary/aromatic N) is 3. The standard InChI is InChI=1S/C17H18N6O2/c1-2-23-12-5-3-4-6-14(12)25-13-8-7-10(9-11(13)15(23)24)21-17(20)22-16(18)19/h3-9H,2H2,1H3,(H6,18,19,20,21,22). The van der Waals surface area contributed by atoms with E-state index in [1.807, 2.05) is 31.2 Å². The molecule has 1 aliphatic heterocycles. The second-order valence-electron chi connectivity index (χ2n) is 5.31. The second kappa shape index (κ2) is 6.52. The SMILES string of the molecule is CCN1C(=O)c2cc(N=C(N)N=C(N)N)ccc2Oc2ccccc21. The molecule has 0 fully saturated rings. The van der Waals surface area contributed by atoms with Gasteiger partial charge in [0.05, 0.1) is 16.9 Å². The van der Waals surface area contributed by atoms with Crippen LogP contribution >= 0.6 is 0 Å². The molecule has 3 rings (SSSR count). The number of carbonyl (C=O) groups excluding carboxylic acids is 1. The van der Waals surface area contributed by atoms with Crippen LogP contribution in [0.1, 0.15) is 17.3 Å². The maximum Gasteiger partial charge on any atom is 0.262 e. The van der Waals surface area contributed by atoms with E-state index in [1.165, 1.54) is 0 Å². The van der Waals surface area contributed by atoms with E-state index in [4.69, 9.17) is 21.9 Å². The highest BCUT2D eigenvalue weighted by atomic mass is 16.5. The molecule has 0 unspecified atom stereocenters. The molecule has 8 nitrogen and oxygen atoms in total. The van der Waals surface area contributed by atoms with E-state index in [0.29, 0.717) is 29.3 Å². The first kappa shape index (κ1) is 16.3. The van der Waals surface area contributed by atoms with Crippen LogP contribution in [0.15, 0.2) is 52.4 Å². The number of para-hydroxylation sites is 2. The highest BCUT2D eigenvalue weighted by molar-refractivity contribution is 6.10. The first-order valence-electron chi connectivity index (χ1n) is 7.66. The topological polar surface area (TPSA) is 132 Å². The first-order chi connectivity index (χ1) is 12.0. The number of aliphatic imine (C=N–C) groups is 2. The minimum atomic E-state index is -0.192. The summed E-state index contributed by atoms with van der Waals surface area (Å²) in [5, 5.41) is 0. The predicted molar refractivity (Wildman–Crippen MR) is 97.4 cm³/mol. The molecule has 25 heavy (non-hydrogen) atoms. The summed E-state index contributed by atoms with van der Waals surface area (Å²) >= 11 is 0. The summed E-state index contributed by atoms with van der Waals surface area (Å²) in [6.07, 6.45) is 0. The lowest BCUT2D eigenvalue weighted by Crippen LogP contribution is -2.29. The number of hydrogen-bond acceptors (Lipinski definition) is 3. The summed E-state index contributed by atoms with van der Waals surface area (Å²) < 4.78 is 5.92. The van der Waals surface area contributed by atoms with Crippen molar-refractivity contribution in [3.05, 3.63) is 48.0 Å². The molecule has 0 radical (unpaired) electrons. The van der Waals surface area contributed by atoms with E-state index < -0.39 is 0 Å². The maximum absolute atomic E-state index is 12.9. The van der Waals surface area contributed by atoms with Gasteiger partial charge >= 0.3 is 0 Å². The smallest absolute Gasteiger partial charge is 0.262 e. The van der Waals surface area contributed by atoms with Gasteiger partial charge in [-0.15, -0.1) is 0 Å². The molecular weight excluding hydrogens is 320 g/mol. The Hall–Kier alpha value is -3.55. The van der Waals surface area contributed by atoms with Crippen molar-refractivity contribution < 1.29 is 9.53 Å². The van der Waals surface area contributed by atoms with Gasteiger partial charge in [0.25, 0.3) is 5.91 Å². The van der Waals surface area contributed by atoms with Crippen LogP contribution in [0.25, 0.3) is 0 Å². The summed E-state index contributed by atoms with van der Waals surface area (Å²) in [6, 6.07) is 12.3. The fraction of sp³-hybridized carbons (Fsp3) is 0.118. The molecule has 0 aliphatic carbocycles. The number of carbonyl (C=O) groups is 1. The Labute approximate surface area is 144 Å². The van der Waals surface area contributed by atoms with Gasteiger partial charge in [0, 0.05) is 6.54 Å². The van der Waals surface area contributed by atoms with E-state index in [1.54, 1.807) is 23.1 Å². The third kappa shape index (κ3) is 3.23. The molecule has 2 aromatic carbocycles. The van der Waals surface area contributed by atoms with E-state index >= 15 is 0 Å². The number of rotatable bonds is 2. The lowest BCUT2D eigenvalue weighted by atomic mass is 10.1. The van der Waals surface area contributed by atoms with Gasteiger partial charge in [-0.2, -0.15) is 4.99 Å². The molecule has 0 atom stereocenters. The highest BCUT2D eigenvalue weighted by Gasteiger charge is 2.27. The average molecular weight is 338 g/mol. The number of nitrogens with two attached hydrogens (primary N) is 3. The Morgan fingerprint density at radius 3 is 2.60 bits per heavy atom. The van der Waals surface area contributed by atoms with Crippen LogP contribution in [-0.2, 0) is 0 Å². The van der Waals surface area contributed by atoms with Gasteiger partial charge in [0.15, 0.2) is 11.7 Å². The fourth-order valence-electron chi connectivity index (χ4n) is 2.59. The lowest BCUT2D eigenvalue weighted by Gasteiger charge is -2.19. The summed E-state index contributed by atoms with van der Waals surface area (Å²) in [6.45, 7) is 2.40. The molecule has 2 aromatic rings. The number of fused-ring (bicyclic) bond motifs is 2. The van der Waals surface area contributed by atoms with Crippen LogP contribution in [-0.4, -0.2) is 24.4 Å². The monoisotopic (exact) mass is 338 g/mol. The minimum Gasteiger partial charge on any atom is -0.454 e. The lowest BCUT2D eigenvalue weighted by molar-refractivity contribution is 0.0988. The van der Waals surface area contributed by atoms with Gasteiger partial charge in [-0.1, -0.05) is 12.1 Å². The van der Waals surface area contributed by atoms with Gasteiger partial charge in [-0.3, -0.25) is 4.79 Å². The third-order valence-electron chi connectivity index (χ3n) is 3.62. The van der Waals surface area contributed by atoms with Crippen molar-refractivity contribution in [3.8, 4) is 11.5 Å². The van der Waals surface area contributed by atoms with E-state index in [9.17, 15) is 4.79 Å². The Morgan fingerprint density at radius 2 is 1.88 bits per heavy atom. The normalized spacial score (nSPS) is 13.4. The van der Waals surface area contributed by atoms with Gasteiger partial charge in [-0.25, -0.2) is 4.99 Å². The number of guanidine groups is 2. The molecule has 0 bridgehead atoms. The number of anilines is 1.